The molecule has 0 fully saturated rings. The zero-order valence-electron chi connectivity index (χ0n) is 8.09. The van der Waals surface area contributed by atoms with Gasteiger partial charge in [0.05, 0.1) is 17.7 Å². The summed E-state index contributed by atoms with van der Waals surface area (Å²) < 4.78 is 1.04. The molecule has 2 aromatic rings. The van der Waals surface area contributed by atoms with Gasteiger partial charge in [-0.2, -0.15) is 0 Å². The summed E-state index contributed by atoms with van der Waals surface area (Å²) in [5, 5.41) is 2.03. The molecule has 0 aliphatic heterocycles. The van der Waals surface area contributed by atoms with E-state index in [0.29, 0.717) is 0 Å². The normalized spacial score (nSPS) is 10.3. The lowest BCUT2D eigenvalue weighted by molar-refractivity contribution is 0.846. The van der Waals surface area contributed by atoms with Gasteiger partial charge < -0.3 is 4.90 Å². The summed E-state index contributed by atoms with van der Waals surface area (Å²) in [5.74, 6) is 0.725. The SMILES string of the molecule is CN(Cc1cscn1)c1ncc(I)cn1. The second-order valence-electron chi connectivity index (χ2n) is 3.04. The predicted octanol–water partition coefficient (Wildman–Crippen LogP) is 2.17. The molecule has 0 aromatic carbocycles. The Morgan fingerprint density at radius 1 is 1.33 bits per heavy atom. The highest BCUT2D eigenvalue weighted by Gasteiger charge is 2.05. The third-order valence-electron chi connectivity index (χ3n) is 1.83. The second kappa shape index (κ2) is 4.84. The van der Waals surface area contributed by atoms with Gasteiger partial charge >= 0.3 is 0 Å². The summed E-state index contributed by atoms with van der Waals surface area (Å²) in [6, 6.07) is 0. The molecule has 0 aliphatic carbocycles. The van der Waals surface area contributed by atoms with Crippen molar-refractivity contribution in [3.63, 3.8) is 0 Å². The van der Waals surface area contributed by atoms with E-state index >= 15 is 0 Å². The van der Waals surface area contributed by atoms with Crippen LogP contribution in [0.3, 0.4) is 0 Å². The number of halogens is 1. The fraction of sp³-hybridized carbons (Fsp3) is 0.222. The number of aromatic nitrogens is 3. The number of anilines is 1. The lowest BCUT2D eigenvalue weighted by Gasteiger charge is -2.14. The van der Waals surface area contributed by atoms with E-state index in [1.807, 2.05) is 22.8 Å². The number of hydrogen-bond donors (Lipinski definition) is 0. The third-order valence-corrected chi connectivity index (χ3v) is 3.02. The minimum atomic E-state index is 0.725. The largest absolute Gasteiger partial charge is 0.338 e. The molecule has 2 aromatic heterocycles. The predicted molar refractivity (Wildman–Crippen MR) is 69.0 cm³/mol. The monoisotopic (exact) mass is 332 g/mol. The molecular formula is C9H9IN4S. The van der Waals surface area contributed by atoms with E-state index in [1.165, 1.54) is 0 Å². The van der Waals surface area contributed by atoms with Crippen LogP contribution in [-0.4, -0.2) is 22.0 Å². The van der Waals surface area contributed by atoms with Crippen LogP contribution in [0.2, 0.25) is 0 Å². The maximum Gasteiger partial charge on any atom is 0.225 e. The van der Waals surface area contributed by atoms with Crippen molar-refractivity contribution in [3.8, 4) is 0 Å². The van der Waals surface area contributed by atoms with Gasteiger partial charge in [0, 0.05) is 28.4 Å². The van der Waals surface area contributed by atoms with Crippen molar-refractivity contribution in [2.45, 2.75) is 6.54 Å². The summed E-state index contributed by atoms with van der Waals surface area (Å²) in [6.07, 6.45) is 3.61. The zero-order chi connectivity index (χ0) is 10.7. The highest BCUT2D eigenvalue weighted by Crippen LogP contribution is 2.10. The van der Waals surface area contributed by atoms with Crippen molar-refractivity contribution in [2.24, 2.45) is 0 Å². The summed E-state index contributed by atoms with van der Waals surface area (Å²) in [7, 11) is 1.96. The van der Waals surface area contributed by atoms with Gasteiger partial charge in [-0.25, -0.2) is 15.0 Å². The van der Waals surface area contributed by atoms with Gasteiger partial charge in [0.25, 0.3) is 0 Å². The van der Waals surface area contributed by atoms with E-state index in [4.69, 9.17) is 0 Å². The summed E-state index contributed by atoms with van der Waals surface area (Å²) in [5.41, 5.74) is 2.88. The molecule has 15 heavy (non-hydrogen) atoms. The smallest absolute Gasteiger partial charge is 0.225 e. The fourth-order valence-corrected chi connectivity index (χ4v) is 1.96. The lowest BCUT2D eigenvalue weighted by atomic mass is 10.4. The van der Waals surface area contributed by atoms with Crippen LogP contribution < -0.4 is 4.90 Å². The Kier molecular flexibility index (Phi) is 3.47. The molecule has 2 rings (SSSR count). The molecule has 4 nitrogen and oxygen atoms in total. The van der Waals surface area contributed by atoms with E-state index in [1.54, 1.807) is 23.7 Å². The van der Waals surface area contributed by atoms with Crippen LogP contribution in [-0.2, 0) is 6.54 Å². The van der Waals surface area contributed by atoms with Crippen LogP contribution in [0.4, 0.5) is 5.95 Å². The van der Waals surface area contributed by atoms with Crippen molar-refractivity contribution in [3.05, 3.63) is 32.5 Å². The van der Waals surface area contributed by atoms with Gasteiger partial charge in [0.2, 0.25) is 5.95 Å². The number of rotatable bonds is 3. The maximum atomic E-state index is 4.24. The van der Waals surface area contributed by atoms with Crippen molar-refractivity contribution in [1.29, 1.82) is 0 Å². The minimum Gasteiger partial charge on any atom is -0.338 e. The molecule has 6 heteroatoms. The highest BCUT2D eigenvalue weighted by atomic mass is 127. The fourth-order valence-electron chi connectivity index (χ4n) is 1.13. The average molecular weight is 332 g/mol. The molecule has 0 aliphatic rings. The molecule has 78 valence electrons. The Hall–Kier alpha value is -0.760. The van der Waals surface area contributed by atoms with E-state index in [0.717, 1.165) is 21.8 Å². The van der Waals surface area contributed by atoms with Gasteiger partial charge in [-0.3, -0.25) is 0 Å². The molecule has 0 saturated carbocycles. The number of nitrogens with zero attached hydrogens (tertiary/aromatic N) is 4. The van der Waals surface area contributed by atoms with Gasteiger partial charge in [-0.1, -0.05) is 0 Å². The highest BCUT2D eigenvalue weighted by molar-refractivity contribution is 14.1. The topological polar surface area (TPSA) is 41.9 Å². The van der Waals surface area contributed by atoms with Crippen LogP contribution in [0.1, 0.15) is 5.69 Å². The van der Waals surface area contributed by atoms with Crippen LogP contribution >= 0.6 is 33.9 Å². The van der Waals surface area contributed by atoms with Gasteiger partial charge in [0.1, 0.15) is 0 Å². The number of hydrogen-bond acceptors (Lipinski definition) is 5. The number of thiazole rings is 1. The molecule has 0 spiro atoms. The third kappa shape index (κ3) is 2.85. The van der Waals surface area contributed by atoms with Crippen molar-refractivity contribution < 1.29 is 0 Å². The van der Waals surface area contributed by atoms with Crippen molar-refractivity contribution >= 4 is 39.9 Å². The summed E-state index contributed by atoms with van der Waals surface area (Å²) in [4.78, 5) is 14.7. The molecule has 0 bridgehead atoms. The molecule has 0 atom stereocenters. The molecule has 0 radical (unpaired) electrons. The maximum absolute atomic E-state index is 4.24. The van der Waals surface area contributed by atoms with Crippen LogP contribution in [0.25, 0.3) is 0 Å². The van der Waals surface area contributed by atoms with Gasteiger partial charge in [-0.05, 0) is 22.6 Å². The van der Waals surface area contributed by atoms with E-state index in [-0.39, 0.29) is 0 Å². The molecule has 0 saturated heterocycles. The molecule has 0 unspecified atom stereocenters. The molecule has 2 heterocycles. The first-order valence-electron chi connectivity index (χ1n) is 4.31. The zero-order valence-corrected chi connectivity index (χ0v) is 11.1. The van der Waals surface area contributed by atoms with Crippen LogP contribution in [0.5, 0.6) is 0 Å². The Morgan fingerprint density at radius 3 is 2.67 bits per heavy atom. The first-order chi connectivity index (χ1) is 7.25. The Labute approximate surface area is 106 Å². The summed E-state index contributed by atoms with van der Waals surface area (Å²) >= 11 is 3.79. The Balaban J connectivity index is 2.08. The molecule has 0 N–H and O–H groups in total. The molecule has 0 amide bonds. The lowest BCUT2D eigenvalue weighted by Crippen LogP contribution is -2.19. The van der Waals surface area contributed by atoms with Crippen LogP contribution in [0.15, 0.2) is 23.3 Å². The average Bonchev–Trinajstić information content (AvgIpc) is 2.71. The van der Waals surface area contributed by atoms with Crippen molar-refractivity contribution in [1.82, 2.24) is 15.0 Å². The van der Waals surface area contributed by atoms with E-state index < -0.39 is 0 Å². The molecular weight excluding hydrogens is 323 g/mol. The Morgan fingerprint density at radius 2 is 2.07 bits per heavy atom. The standard InChI is InChI=1S/C9H9IN4S/c1-14(4-8-5-15-6-13-8)9-11-2-7(10)3-12-9/h2-3,5-6H,4H2,1H3. The van der Waals surface area contributed by atoms with Crippen molar-refractivity contribution in [2.75, 3.05) is 11.9 Å². The van der Waals surface area contributed by atoms with E-state index in [2.05, 4.69) is 37.5 Å². The van der Waals surface area contributed by atoms with E-state index in [9.17, 15) is 0 Å². The Bertz CT molecular complexity index is 414. The van der Waals surface area contributed by atoms with Crippen LogP contribution in [0, 0.1) is 3.57 Å². The van der Waals surface area contributed by atoms with Gasteiger partial charge in [0.15, 0.2) is 0 Å². The summed E-state index contributed by atoms with van der Waals surface area (Å²) in [6.45, 7) is 0.740. The second-order valence-corrected chi connectivity index (χ2v) is 5.00. The first kappa shape index (κ1) is 10.7. The quantitative estimate of drug-likeness (QED) is 0.808. The van der Waals surface area contributed by atoms with Gasteiger partial charge in [-0.15, -0.1) is 11.3 Å². The minimum absolute atomic E-state index is 0.725. The first-order valence-corrected chi connectivity index (χ1v) is 6.33.